The van der Waals surface area contributed by atoms with E-state index in [2.05, 4.69) is 52.8 Å². The molecule has 3 unspecified atom stereocenters. The molecule has 0 radical (unpaired) electrons. The SMILES string of the molecule is CCCC(CC)C1=CC2CC2(C(C)(C)C)C=C1. The maximum absolute atomic E-state index is 2.59. The number of allylic oxidation sites excluding steroid dienone is 4. The third-order valence-corrected chi connectivity index (χ3v) is 5.02. The molecular formula is C17H28. The molecule has 2 rings (SSSR count). The van der Waals surface area contributed by atoms with Gasteiger partial charge in [0.2, 0.25) is 0 Å². The molecule has 2 aliphatic rings. The lowest BCUT2D eigenvalue weighted by atomic mass is 9.73. The normalized spacial score (nSPS) is 33.0. The van der Waals surface area contributed by atoms with Crippen LogP contribution < -0.4 is 0 Å². The highest BCUT2D eigenvalue weighted by Crippen LogP contribution is 2.66. The molecule has 0 spiro atoms. The average molecular weight is 232 g/mol. The molecule has 96 valence electrons. The van der Waals surface area contributed by atoms with Gasteiger partial charge in [0.25, 0.3) is 0 Å². The quantitative estimate of drug-likeness (QED) is 0.612. The van der Waals surface area contributed by atoms with Gasteiger partial charge in [-0.1, -0.05) is 59.3 Å². The summed E-state index contributed by atoms with van der Waals surface area (Å²) in [5, 5.41) is 0. The summed E-state index contributed by atoms with van der Waals surface area (Å²) in [5.74, 6) is 1.63. The molecule has 3 atom stereocenters. The van der Waals surface area contributed by atoms with Crippen molar-refractivity contribution in [2.45, 2.75) is 60.3 Å². The van der Waals surface area contributed by atoms with Gasteiger partial charge in [-0.2, -0.15) is 0 Å². The fourth-order valence-corrected chi connectivity index (χ4v) is 3.58. The van der Waals surface area contributed by atoms with E-state index in [0.717, 1.165) is 11.8 Å². The molecule has 0 aromatic rings. The summed E-state index contributed by atoms with van der Waals surface area (Å²) in [6.45, 7) is 11.8. The van der Waals surface area contributed by atoms with Gasteiger partial charge in [-0.3, -0.25) is 0 Å². The second kappa shape index (κ2) is 4.30. The molecule has 0 N–H and O–H groups in total. The summed E-state index contributed by atoms with van der Waals surface area (Å²) >= 11 is 0. The molecular weight excluding hydrogens is 204 g/mol. The van der Waals surface area contributed by atoms with Crippen LogP contribution in [0.5, 0.6) is 0 Å². The Balaban J connectivity index is 2.11. The minimum Gasteiger partial charge on any atom is -0.0770 e. The molecule has 0 aromatic heterocycles. The lowest BCUT2D eigenvalue weighted by Gasteiger charge is -2.32. The first-order valence-corrected chi connectivity index (χ1v) is 7.35. The van der Waals surface area contributed by atoms with Crippen LogP contribution in [0, 0.1) is 22.7 Å². The predicted octanol–water partition coefficient (Wildman–Crippen LogP) is 5.36. The maximum Gasteiger partial charge on any atom is 0.000261 e. The molecule has 0 amide bonds. The Morgan fingerprint density at radius 3 is 2.53 bits per heavy atom. The highest BCUT2D eigenvalue weighted by molar-refractivity contribution is 5.38. The lowest BCUT2D eigenvalue weighted by molar-refractivity contribution is 0.255. The Labute approximate surface area is 107 Å². The van der Waals surface area contributed by atoms with Gasteiger partial charge in [-0.15, -0.1) is 0 Å². The van der Waals surface area contributed by atoms with Crippen molar-refractivity contribution in [1.82, 2.24) is 0 Å². The largest absolute Gasteiger partial charge is 0.0770 e. The molecule has 17 heavy (non-hydrogen) atoms. The van der Waals surface area contributed by atoms with E-state index in [9.17, 15) is 0 Å². The molecule has 0 saturated heterocycles. The van der Waals surface area contributed by atoms with Crippen molar-refractivity contribution < 1.29 is 0 Å². The Kier molecular flexibility index (Phi) is 3.27. The van der Waals surface area contributed by atoms with E-state index < -0.39 is 0 Å². The van der Waals surface area contributed by atoms with E-state index in [4.69, 9.17) is 0 Å². The standard InChI is InChI=1S/C17H28/c1-6-8-13(7-2)14-9-10-17(16(3,4)5)12-15(17)11-14/h9-11,13,15H,6-8,12H2,1-5H3. The fourth-order valence-electron chi connectivity index (χ4n) is 3.58. The minimum absolute atomic E-state index is 0.419. The highest BCUT2D eigenvalue weighted by Gasteiger charge is 2.58. The molecule has 0 bridgehead atoms. The van der Waals surface area contributed by atoms with Crippen LogP contribution in [0.2, 0.25) is 0 Å². The van der Waals surface area contributed by atoms with Crippen LogP contribution in [0.4, 0.5) is 0 Å². The van der Waals surface area contributed by atoms with E-state index in [1.807, 2.05) is 0 Å². The van der Waals surface area contributed by atoms with E-state index in [0.29, 0.717) is 10.8 Å². The summed E-state index contributed by atoms with van der Waals surface area (Å²) in [4.78, 5) is 0. The first-order chi connectivity index (χ1) is 7.94. The number of rotatable bonds is 4. The van der Waals surface area contributed by atoms with Crippen molar-refractivity contribution in [3.8, 4) is 0 Å². The second-order valence-corrected chi connectivity index (χ2v) is 6.99. The van der Waals surface area contributed by atoms with Gasteiger partial charge in [0.15, 0.2) is 0 Å². The lowest BCUT2D eigenvalue weighted by Crippen LogP contribution is -2.23. The molecule has 2 aliphatic carbocycles. The molecule has 0 nitrogen and oxygen atoms in total. The molecule has 0 heteroatoms. The van der Waals surface area contributed by atoms with Crippen molar-refractivity contribution >= 4 is 0 Å². The van der Waals surface area contributed by atoms with Crippen LogP contribution in [0.1, 0.15) is 60.3 Å². The van der Waals surface area contributed by atoms with E-state index in [1.165, 1.54) is 25.7 Å². The van der Waals surface area contributed by atoms with Crippen LogP contribution in [0.25, 0.3) is 0 Å². The van der Waals surface area contributed by atoms with Crippen molar-refractivity contribution in [2.24, 2.45) is 22.7 Å². The topological polar surface area (TPSA) is 0 Å². The molecule has 0 aromatic carbocycles. The third kappa shape index (κ3) is 2.11. The summed E-state index contributed by atoms with van der Waals surface area (Å²) in [7, 11) is 0. The van der Waals surface area contributed by atoms with Gasteiger partial charge in [0.1, 0.15) is 0 Å². The van der Waals surface area contributed by atoms with Gasteiger partial charge >= 0.3 is 0 Å². The number of hydrogen-bond acceptors (Lipinski definition) is 0. The molecule has 1 fully saturated rings. The van der Waals surface area contributed by atoms with Gasteiger partial charge in [-0.05, 0) is 42.1 Å². The Morgan fingerprint density at radius 2 is 2.06 bits per heavy atom. The van der Waals surface area contributed by atoms with Gasteiger partial charge < -0.3 is 0 Å². The Morgan fingerprint density at radius 1 is 1.35 bits per heavy atom. The van der Waals surface area contributed by atoms with Crippen molar-refractivity contribution in [3.05, 3.63) is 23.8 Å². The number of fused-ring (bicyclic) bond motifs is 1. The monoisotopic (exact) mass is 232 g/mol. The van der Waals surface area contributed by atoms with Crippen molar-refractivity contribution in [1.29, 1.82) is 0 Å². The third-order valence-electron chi connectivity index (χ3n) is 5.02. The first kappa shape index (κ1) is 12.9. The zero-order chi connectivity index (χ0) is 12.7. The van der Waals surface area contributed by atoms with Gasteiger partial charge in [0.05, 0.1) is 0 Å². The predicted molar refractivity (Wildman–Crippen MR) is 75.9 cm³/mol. The first-order valence-electron chi connectivity index (χ1n) is 7.35. The zero-order valence-corrected chi connectivity index (χ0v) is 12.2. The second-order valence-electron chi connectivity index (χ2n) is 6.99. The van der Waals surface area contributed by atoms with Crippen LogP contribution in [0.3, 0.4) is 0 Å². The van der Waals surface area contributed by atoms with Gasteiger partial charge in [0, 0.05) is 5.41 Å². The van der Waals surface area contributed by atoms with Crippen LogP contribution >= 0.6 is 0 Å². The summed E-state index contributed by atoms with van der Waals surface area (Å²) in [6, 6.07) is 0. The summed E-state index contributed by atoms with van der Waals surface area (Å²) in [5.41, 5.74) is 2.53. The van der Waals surface area contributed by atoms with Crippen LogP contribution in [-0.2, 0) is 0 Å². The van der Waals surface area contributed by atoms with Crippen molar-refractivity contribution in [2.75, 3.05) is 0 Å². The Hall–Kier alpha value is -0.520. The Bertz CT molecular complexity index is 340. The van der Waals surface area contributed by atoms with E-state index >= 15 is 0 Å². The van der Waals surface area contributed by atoms with E-state index in [-0.39, 0.29) is 0 Å². The zero-order valence-electron chi connectivity index (χ0n) is 12.2. The average Bonchev–Trinajstić information content (AvgIpc) is 2.99. The minimum atomic E-state index is 0.419. The van der Waals surface area contributed by atoms with Crippen molar-refractivity contribution in [3.63, 3.8) is 0 Å². The van der Waals surface area contributed by atoms with Crippen LogP contribution in [-0.4, -0.2) is 0 Å². The van der Waals surface area contributed by atoms with Gasteiger partial charge in [-0.25, -0.2) is 0 Å². The smallest absolute Gasteiger partial charge is 0.000261 e. The molecule has 0 heterocycles. The van der Waals surface area contributed by atoms with Crippen LogP contribution in [0.15, 0.2) is 23.8 Å². The highest BCUT2D eigenvalue weighted by atomic mass is 14.6. The summed E-state index contributed by atoms with van der Waals surface area (Å²) in [6.07, 6.45) is 12.9. The van der Waals surface area contributed by atoms with E-state index in [1.54, 1.807) is 5.57 Å². The molecule has 0 aliphatic heterocycles. The summed E-state index contributed by atoms with van der Waals surface area (Å²) < 4.78 is 0. The number of hydrogen-bond donors (Lipinski definition) is 0. The fraction of sp³-hybridized carbons (Fsp3) is 0.765. The molecule has 1 saturated carbocycles. The maximum atomic E-state index is 2.59.